The van der Waals surface area contributed by atoms with Gasteiger partial charge < -0.3 is 34.6 Å². The van der Waals surface area contributed by atoms with Crippen LogP contribution in [0.2, 0.25) is 0 Å². The summed E-state index contributed by atoms with van der Waals surface area (Å²) in [6, 6.07) is 0. The molecule has 4 rings (SSSR count). The summed E-state index contributed by atoms with van der Waals surface area (Å²) >= 11 is 0. The molecule has 162 valence electrons. The third kappa shape index (κ3) is 3.36. The van der Waals surface area contributed by atoms with E-state index in [1.807, 2.05) is 6.92 Å². The van der Waals surface area contributed by atoms with Crippen molar-refractivity contribution in [3.05, 3.63) is 24.3 Å². The van der Waals surface area contributed by atoms with E-state index in [-0.39, 0.29) is 35.7 Å². The quantitative estimate of drug-likeness (QED) is 0.375. The second-order valence-electron chi connectivity index (χ2n) is 8.82. The molecule has 0 aromatic rings. The summed E-state index contributed by atoms with van der Waals surface area (Å²) in [6.07, 6.45) is -5.37. The normalized spacial score (nSPS) is 50.1. The molecule has 2 saturated carbocycles. The van der Waals surface area contributed by atoms with Gasteiger partial charge in [0.15, 0.2) is 6.29 Å². The predicted molar refractivity (Wildman–Crippen MR) is 100 cm³/mol. The van der Waals surface area contributed by atoms with Gasteiger partial charge in [-0.25, -0.2) is 0 Å². The maximum absolute atomic E-state index is 12.3. The number of carbonyl (C=O) groups excluding carboxylic acids is 1. The topological polar surface area (TPSA) is 126 Å². The van der Waals surface area contributed by atoms with E-state index in [4.69, 9.17) is 14.2 Å². The lowest BCUT2D eigenvalue weighted by atomic mass is 9.80. The average Bonchev–Trinajstić information content (AvgIpc) is 3.17. The monoisotopic (exact) mass is 410 g/mol. The number of rotatable bonds is 3. The fraction of sp³-hybridized carbons (Fsp3) is 0.762. The third-order valence-corrected chi connectivity index (χ3v) is 7.25. The molecule has 0 amide bonds. The lowest BCUT2D eigenvalue weighted by Gasteiger charge is -2.41. The maximum Gasteiger partial charge on any atom is 0.309 e. The molecular weight excluding hydrogens is 380 g/mol. The molecule has 8 nitrogen and oxygen atoms in total. The molecule has 0 aromatic carbocycles. The molecule has 0 aromatic heterocycles. The minimum atomic E-state index is -1.51. The van der Waals surface area contributed by atoms with E-state index in [0.717, 1.165) is 24.0 Å². The van der Waals surface area contributed by atoms with Crippen LogP contribution in [0.5, 0.6) is 0 Å². The summed E-state index contributed by atoms with van der Waals surface area (Å²) in [6.45, 7) is 9.78. The summed E-state index contributed by atoms with van der Waals surface area (Å²) in [5, 5.41) is 39.8. The lowest BCUT2D eigenvalue weighted by molar-refractivity contribution is -0.309. The maximum atomic E-state index is 12.3. The van der Waals surface area contributed by atoms with Crippen LogP contribution in [0.4, 0.5) is 0 Å². The van der Waals surface area contributed by atoms with E-state index >= 15 is 0 Å². The highest BCUT2D eigenvalue weighted by Crippen LogP contribution is 2.53. The van der Waals surface area contributed by atoms with Gasteiger partial charge in [0, 0.05) is 11.8 Å². The summed E-state index contributed by atoms with van der Waals surface area (Å²) in [7, 11) is 0. The molecule has 0 bridgehead atoms. The Labute approximate surface area is 169 Å². The molecule has 8 heteroatoms. The van der Waals surface area contributed by atoms with Gasteiger partial charge in [0.05, 0.1) is 18.6 Å². The van der Waals surface area contributed by atoms with Gasteiger partial charge in [-0.2, -0.15) is 0 Å². The van der Waals surface area contributed by atoms with Gasteiger partial charge >= 0.3 is 5.97 Å². The molecule has 2 aliphatic carbocycles. The van der Waals surface area contributed by atoms with E-state index < -0.39 is 43.4 Å². The van der Waals surface area contributed by atoms with Crippen molar-refractivity contribution in [2.45, 2.75) is 69.1 Å². The first-order valence-electron chi connectivity index (χ1n) is 10.3. The molecule has 0 radical (unpaired) electrons. The second-order valence-corrected chi connectivity index (χ2v) is 8.82. The Morgan fingerprint density at radius 2 is 1.90 bits per heavy atom. The molecule has 2 aliphatic heterocycles. The van der Waals surface area contributed by atoms with Crippen LogP contribution in [0.25, 0.3) is 0 Å². The SMILES string of the molecule is C=C1CC[C@H]2C(=C)[C@H](O[C@H]3O[C@@H](CO)[C@H](O)[C@@H](O)[C@@H]3O)C[C@@H]3[C@H](OC(=O)[C@H]3C)[C@@H]12. The van der Waals surface area contributed by atoms with Crippen LogP contribution < -0.4 is 0 Å². The Bertz CT molecular complexity index is 690. The van der Waals surface area contributed by atoms with Crippen molar-refractivity contribution < 1.29 is 39.4 Å². The first-order valence-corrected chi connectivity index (χ1v) is 10.3. The van der Waals surface area contributed by atoms with Crippen LogP contribution in [-0.4, -0.2) is 75.9 Å². The van der Waals surface area contributed by atoms with Crippen molar-refractivity contribution in [1.29, 1.82) is 0 Å². The standard InChI is InChI=1S/C21H30O8/c1-8-4-5-11-9(2)13(6-12-10(3)20(26)29-19(12)15(8)11)27-21-18(25)17(24)16(23)14(7-22)28-21/h10-19,21-25H,1-2,4-7H2,3H3/t10-,11-,12-,13+,14-,15-,16-,17+,18-,19-,21-/m0/s1. The number of hydrogen-bond donors (Lipinski definition) is 4. The van der Waals surface area contributed by atoms with Gasteiger partial charge in [0.1, 0.15) is 30.5 Å². The molecular formula is C21H30O8. The molecule has 2 heterocycles. The van der Waals surface area contributed by atoms with Crippen LogP contribution in [-0.2, 0) is 19.0 Å². The van der Waals surface area contributed by atoms with Crippen LogP contribution >= 0.6 is 0 Å². The van der Waals surface area contributed by atoms with Crippen molar-refractivity contribution in [3.8, 4) is 0 Å². The highest BCUT2D eigenvalue weighted by atomic mass is 16.7. The number of esters is 1. The molecule has 0 unspecified atom stereocenters. The van der Waals surface area contributed by atoms with Crippen LogP contribution in [0.3, 0.4) is 0 Å². The Morgan fingerprint density at radius 3 is 2.59 bits per heavy atom. The van der Waals surface area contributed by atoms with Gasteiger partial charge in [-0.1, -0.05) is 25.7 Å². The summed E-state index contributed by atoms with van der Waals surface area (Å²) < 4.78 is 17.3. The third-order valence-electron chi connectivity index (χ3n) is 7.25. The first kappa shape index (κ1) is 21.0. The van der Waals surface area contributed by atoms with Crippen LogP contribution in [0.15, 0.2) is 24.3 Å². The Morgan fingerprint density at radius 1 is 1.17 bits per heavy atom. The summed E-state index contributed by atoms with van der Waals surface area (Å²) in [5.74, 6) is -0.548. The molecule has 11 atom stereocenters. The van der Waals surface area contributed by atoms with Crippen molar-refractivity contribution >= 4 is 5.97 Å². The number of carbonyl (C=O) groups is 1. The highest BCUT2D eigenvalue weighted by molar-refractivity contribution is 5.75. The molecule has 29 heavy (non-hydrogen) atoms. The smallest absolute Gasteiger partial charge is 0.309 e. The molecule has 0 spiro atoms. The number of ether oxygens (including phenoxy) is 3. The fourth-order valence-electron chi connectivity index (χ4n) is 5.44. The predicted octanol–water partition coefficient (Wildman–Crippen LogP) is -0.109. The summed E-state index contributed by atoms with van der Waals surface area (Å²) in [4.78, 5) is 12.3. The second kappa shape index (κ2) is 7.76. The lowest BCUT2D eigenvalue weighted by Crippen LogP contribution is -2.59. The van der Waals surface area contributed by atoms with Crippen molar-refractivity contribution in [2.24, 2.45) is 23.7 Å². The van der Waals surface area contributed by atoms with Crippen LogP contribution in [0.1, 0.15) is 26.2 Å². The van der Waals surface area contributed by atoms with Gasteiger partial charge in [0.2, 0.25) is 0 Å². The Balaban J connectivity index is 1.59. The number of fused-ring (bicyclic) bond motifs is 3. The zero-order chi connectivity index (χ0) is 21.0. The minimum absolute atomic E-state index is 0.00444. The van der Waals surface area contributed by atoms with E-state index in [1.54, 1.807) is 0 Å². The van der Waals surface area contributed by atoms with Gasteiger partial charge in [-0.05, 0) is 30.8 Å². The van der Waals surface area contributed by atoms with Crippen molar-refractivity contribution in [3.63, 3.8) is 0 Å². The average molecular weight is 410 g/mol. The van der Waals surface area contributed by atoms with Gasteiger partial charge in [-0.3, -0.25) is 4.79 Å². The number of hydrogen-bond acceptors (Lipinski definition) is 8. The van der Waals surface area contributed by atoms with E-state index in [2.05, 4.69) is 13.2 Å². The summed E-state index contributed by atoms with van der Waals surface area (Å²) in [5.41, 5.74) is 1.89. The Kier molecular flexibility index (Phi) is 5.61. The van der Waals surface area contributed by atoms with Crippen molar-refractivity contribution in [1.82, 2.24) is 0 Å². The van der Waals surface area contributed by atoms with E-state index in [0.29, 0.717) is 6.42 Å². The molecule has 2 saturated heterocycles. The van der Waals surface area contributed by atoms with Gasteiger partial charge in [0.25, 0.3) is 0 Å². The molecule has 4 aliphatic rings. The zero-order valence-corrected chi connectivity index (χ0v) is 16.5. The number of aliphatic hydroxyl groups is 4. The fourth-order valence-corrected chi connectivity index (χ4v) is 5.44. The molecule has 4 fully saturated rings. The Hall–Kier alpha value is -1.29. The largest absolute Gasteiger partial charge is 0.461 e. The van der Waals surface area contributed by atoms with E-state index in [1.165, 1.54) is 0 Å². The first-order chi connectivity index (χ1) is 13.7. The zero-order valence-electron chi connectivity index (χ0n) is 16.5. The highest BCUT2D eigenvalue weighted by Gasteiger charge is 2.55. The van der Waals surface area contributed by atoms with Crippen molar-refractivity contribution in [2.75, 3.05) is 6.61 Å². The number of aliphatic hydroxyl groups excluding tert-OH is 4. The van der Waals surface area contributed by atoms with E-state index in [9.17, 15) is 25.2 Å². The van der Waals surface area contributed by atoms with Gasteiger partial charge in [-0.15, -0.1) is 0 Å². The molecule has 4 N–H and O–H groups in total. The minimum Gasteiger partial charge on any atom is -0.461 e. The van der Waals surface area contributed by atoms with Crippen LogP contribution in [0, 0.1) is 23.7 Å².